The number of nitrogens with zero attached hydrogens (tertiary/aromatic N) is 3. The van der Waals surface area contributed by atoms with Crippen molar-refractivity contribution in [2.24, 2.45) is 0 Å². The van der Waals surface area contributed by atoms with Crippen LogP contribution in [-0.2, 0) is 4.79 Å². The largest absolute Gasteiger partial charge is 0.292 e. The van der Waals surface area contributed by atoms with Crippen LogP contribution in [0.25, 0.3) is 12.2 Å². The monoisotopic (exact) mass is 317 g/mol. The van der Waals surface area contributed by atoms with E-state index in [2.05, 4.69) is 21.9 Å². The van der Waals surface area contributed by atoms with E-state index in [-0.39, 0.29) is 17.9 Å². The molecule has 2 aromatic heterocycles. The van der Waals surface area contributed by atoms with E-state index in [1.807, 2.05) is 48.6 Å². The molecule has 2 aliphatic heterocycles. The third-order valence-electron chi connectivity index (χ3n) is 4.92. The van der Waals surface area contributed by atoms with E-state index in [0.29, 0.717) is 0 Å². The number of ketones is 1. The van der Waals surface area contributed by atoms with Gasteiger partial charge in [-0.2, -0.15) is 0 Å². The molecule has 2 saturated heterocycles. The van der Waals surface area contributed by atoms with Crippen molar-refractivity contribution in [3.63, 3.8) is 0 Å². The number of carbonyl (C=O) groups is 1. The van der Waals surface area contributed by atoms with Crippen LogP contribution in [0.1, 0.15) is 24.2 Å². The molecule has 120 valence electrons. The molecule has 0 aromatic carbocycles. The summed E-state index contributed by atoms with van der Waals surface area (Å²) in [7, 11) is 2.10. The summed E-state index contributed by atoms with van der Waals surface area (Å²) >= 11 is 0. The van der Waals surface area contributed by atoms with Crippen LogP contribution in [-0.4, -0.2) is 39.8 Å². The fourth-order valence-electron chi connectivity index (χ4n) is 3.72. The SMILES string of the molecule is CN1[C@H]2CC[C@H]1/C(=C\c1ccccn1)C(=O)/C2=C/c1ccccn1. The van der Waals surface area contributed by atoms with Gasteiger partial charge in [0.25, 0.3) is 0 Å². The van der Waals surface area contributed by atoms with E-state index in [4.69, 9.17) is 0 Å². The highest BCUT2D eigenvalue weighted by molar-refractivity contribution is 6.16. The molecule has 0 N–H and O–H groups in total. The lowest BCUT2D eigenvalue weighted by molar-refractivity contribution is -0.114. The molecule has 0 amide bonds. The van der Waals surface area contributed by atoms with E-state index < -0.39 is 0 Å². The molecule has 4 heterocycles. The number of pyridine rings is 2. The molecule has 0 aliphatic carbocycles. The number of Topliss-reactive ketones (excluding diaryl/α,β-unsaturated/α-hetero) is 1. The molecule has 2 bridgehead atoms. The first kappa shape index (κ1) is 15.0. The van der Waals surface area contributed by atoms with E-state index >= 15 is 0 Å². The maximum atomic E-state index is 13.1. The Morgan fingerprint density at radius 3 is 1.83 bits per heavy atom. The number of rotatable bonds is 2. The lowest BCUT2D eigenvalue weighted by atomic mass is 9.89. The predicted octanol–water partition coefficient (Wildman–Crippen LogP) is 2.99. The molecular weight excluding hydrogens is 298 g/mol. The van der Waals surface area contributed by atoms with Crippen LogP contribution in [0.5, 0.6) is 0 Å². The minimum Gasteiger partial charge on any atom is -0.292 e. The minimum atomic E-state index is 0.136. The molecular formula is C20H19N3O. The zero-order valence-electron chi connectivity index (χ0n) is 13.6. The molecule has 4 rings (SSSR count). The molecule has 2 fully saturated rings. The molecule has 0 saturated carbocycles. The smallest absolute Gasteiger partial charge is 0.188 e. The maximum absolute atomic E-state index is 13.1. The zero-order chi connectivity index (χ0) is 16.5. The van der Waals surface area contributed by atoms with Crippen molar-refractivity contribution in [3.8, 4) is 0 Å². The summed E-state index contributed by atoms with van der Waals surface area (Å²) in [4.78, 5) is 24.1. The highest BCUT2D eigenvalue weighted by Gasteiger charge is 2.44. The van der Waals surface area contributed by atoms with Gasteiger partial charge in [0.05, 0.1) is 11.4 Å². The topological polar surface area (TPSA) is 46.1 Å². The first-order valence-electron chi connectivity index (χ1n) is 8.26. The molecule has 0 unspecified atom stereocenters. The fourth-order valence-corrected chi connectivity index (χ4v) is 3.72. The second-order valence-electron chi connectivity index (χ2n) is 6.31. The highest BCUT2D eigenvalue weighted by atomic mass is 16.1. The van der Waals surface area contributed by atoms with Gasteiger partial charge in [0.1, 0.15) is 0 Å². The van der Waals surface area contributed by atoms with Crippen molar-refractivity contribution >= 4 is 17.9 Å². The Hall–Kier alpha value is -2.59. The fraction of sp³-hybridized carbons (Fsp3) is 0.250. The van der Waals surface area contributed by atoms with Crippen molar-refractivity contribution in [1.82, 2.24) is 14.9 Å². The molecule has 2 aliphatic rings. The van der Waals surface area contributed by atoms with Crippen molar-refractivity contribution in [2.75, 3.05) is 7.05 Å². The summed E-state index contributed by atoms with van der Waals surface area (Å²) in [5.74, 6) is 0.136. The summed E-state index contributed by atoms with van der Waals surface area (Å²) in [6.45, 7) is 0. The Kier molecular flexibility index (Phi) is 3.82. The highest BCUT2D eigenvalue weighted by Crippen LogP contribution is 2.40. The Morgan fingerprint density at radius 1 is 0.917 bits per heavy atom. The lowest BCUT2D eigenvalue weighted by Crippen LogP contribution is -2.43. The van der Waals surface area contributed by atoms with Crippen LogP contribution < -0.4 is 0 Å². The summed E-state index contributed by atoms with van der Waals surface area (Å²) in [6, 6.07) is 11.9. The number of fused-ring (bicyclic) bond motifs is 2. The van der Waals surface area contributed by atoms with Gasteiger partial charge in [-0.15, -0.1) is 0 Å². The van der Waals surface area contributed by atoms with Crippen LogP contribution in [0.3, 0.4) is 0 Å². The number of hydrogen-bond acceptors (Lipinski definition) is 4. The van der Waals surface area contributed by atoms with Crippen molar-refractivity contribution in [3.05, 3.63) is 71.3 Å². The van der Waals surface area contributed by atoms with Gasteiger partial charge in [-0.3, -0.25) is 19.7 Å². The van der Waals surface area contributed by atoms with Gasteiger partial charge in [0.2, 0.25) is 0 Å². The van der Waals surface area contributed by atoms with Gasteiger partial charge in [0.15, 0.2) is 5.78 Å². The Bertz CT molecular complexity index is 744. The normalized spacial score (nSPS) is 27.1. The van der Waals surface area contributed by atoms with Crippen LogP contribution in [0.2, 0.25) is 0 Å². The third-order valence-corrected chi connectivity index (χ3v) is 4.92. The van der Waals surface area contributed by atoms with E-state index in [9.17, 15) is 4.79 Å². The van der Waals surface area contributed by atoms with Crippen molar-refractivity contribution in [2.45, 2.75) is 24.9 Å². The molecule has 0 radical (unpaired) electrons. The Balaban J connectivity index is 1.78. The third kappa shape index (κ3) is 2.59. The lowest BCUT2D eigenvalue weighted by Gasteiger charge is -2.34. The van der Waals surface area contributed by atoms with Gasteiger partial charge in [0, 0.05) is 35.6 Å². The van der Waals surface area contributed by atoms with Crippen LogP contribution in [0.4, 0.5) is 0 Å². The maximum Gasteiger partial charge on any atom is 0.188 e. The summed E-state index contributed by atoms with van der Waals surface area (Å²) < 4.78 is 0. The quantitative estimate of drug-likeness (QED) is 0.799. The van der Waals surface area contributed by atoms with E-state index in [0.717, 1.165) is 35.4 Å². The van der Waals surface area contributed by atoms with Crippen LogP contribution in [0.15, 0.2) is 59.9 Å². The van der Waals surface area contributed by atoms with Gasteiger partial charge in [-0.25, -0.2) is 0 Å². The van der Waals surface area contributed by atoms with Crippen LogP contribution >= 0.6 is 0 Å². The van der Waals surface area contributed by atoms with Crippen molar-refractivity contribution in [1.29, 1.82) is 0 Å². The van der Waals surface area contributed by atoms with Gasteiger partial charge in [-0.1, -0.05) is 12.1 Å². The number of hydrogen-bond donors (Lipinski definition) is 0. The van der Waals surface area contributed by atoms with Gasteiger partial charge >= 0.3 is 0 Å². The number of aromatic nitrogens is 2. The van der Waals surface area contributed by atoms with Crippen molar-refractivity contribution < 1.29 is 4.79 Å². The van der Waals surface area contributed by atoms with E-state index in [1.165, 1.54) is 0 Å². The number of piperidine rings is 1. The number of carbonyl (C=O) groups excluding carboxylic acids is 1. The molecule has 2 atom stereocenters. The zero-order valence-corrected chi connectivity index (χ0v) is 13.6. The molecule has 4 heteroatoms. The molecule has 2 aromatic rings. The molecule has 4 nitrogen and oxygen atoms in total. The summed E-state index contributed by atoms with van der Waals surface area (Å²) in [6.07, 6.45) is 9.40. The standard InChI is InChI=1S/C20H19N3O/c1-23-18-8-9-19(23)17(13-15-7-3-5-11-22-15)20(24)16(18)12-14-6-2-4-10-21-14/h2-7,10-13,18-19H,8-9H2,1H3/b16-12+,17-13+/t18-,19-/m0/s1. The second kappa shape index (κ2) is 6.13. The summed E-state index contributed by atoms with van der Waals surface area (Å²) in [5, 5.41) is 0. The molecule has 24 heavy (non-hydrogen) atoms. The predicted molar refractivity (Wildman–Crippen MR) is 94.0 cm³/mol. The average molecular weight is 317 g/mol. The Morgan fingerprint density at radius 2 is 1.42 bits per heavy atom. The van der Waals surface area contributed by atoms with Gasteiger partial charge in [-0.05, 0) is 56.3 Å². The molecule has 0 spiro atoms. The first-order valence-corrected chi connectivity index (χ1v) is 8.26. The average Bonchev–Trinajstić information content (AvgIpc) is 2.93. The van der Waals surface area contributed by atoms with Crippen LogP contribution in [0, 0.1) is 0 Å². The first-order chi connectivity index (χ1) is 11.7. The minimum absolute atomic E-state index is 0.136. The number of likely N-dealkylation sites (N-methyl/N-ethyl adjacent to an activating group) is 1. The van der Waals surface area contributed by atoms with E-state index in [1.54, 1.807) is 12.4 Å². The summed E-state index contributed by atoms with van der Waals surface area (Å²) in [5.41, 5.74) is 3.34. The Labute approximate surface area is 141 Å². The van der Waals surface area contributed by atoms with Gasteiger partial charge < -0.3 is 0 Å². The second-order valence-corrected chi connectivity index (χ2v) is 6.31.